The average Bonchev–Trinajstić information content (AvgIpc) is 2.45. The molecule has 0 aliphatic heterocycles. The summed E-state index contributed by atoms with van der Waals surface area (Å²) in [5.41, 5.74) is 1.89. The average molecular weight is 288 g/mol. The molecule has 20 heavy (non-hydrogen) atoms. The Morgan fingerprint density at radius 2 is 1.60 bits per heavy atom. The lowest BCUT2D eigenvalue weighted by atomic mass is 10.1. The SMILES string of the molecule is CC(=O)c1ccccc1NC(C(=O)Cl)c1ccccc1. The number of ketones is 1. The molecule has 2 rings (SSSR count). The first-order valence-electron chi connectivity index (χ1n) is 6.20. The molecule has 4 heteroatoms. The van der Waals surface area contributed by atoms with E-state index >= 15 is 0 Å². The molecule has 1 N–H and O–H groups in total. The number of benzene rings is 2. The molecule has 0 aromatic heterocycles. The summed E-state index contributed by atoms with van der Waals surface area (Å²) in [5.74, 6) is -0.0677. The lowest BCUT2D eigenvalue weighted by Gasteiger charge is -2.18. The summed E-state index contributed by atoms with van der Waals surface area (Å²) < 4.78 is 0. The van der Waals surface area contributed by atoms with Crippen molar-refractivity contribution in [3.63, 3.8) is 0 Å². The van der Waals surface area contributed by atoms with Crippen molar-refractivity contribution in [3.05, 3.63) is 65.7 Å². The van der Waals surface area contributed by atoms with E-state index < -0.39 is 11.3 Å². The zero-order chi connectivity index (χ0) is 14.5. The maximum Gasteiger partial charge on any atom is 0.248 e. The van der Waals surface area contributed by atoms with E-state index in [1.54, 1.807) is 24.3 Å². The first-order chi connectivity index (χ1) is 9.59. The van der Waals surface area contributed by atoms with Gasteiger partial charge in [0.05, 0.1) is 0 Å². The number of carbonyl (C=O) groups excluding carboxylic acids is 2. The summed E-state index contributed by atoms with van der Waals surface area (Å²) in [4.78, 5) is 23.2. The van der Waals surface area contributed by atoms with Crippen LogP contribution in [0.1, 0.15) is 28.9 Å². The molecule has 1 unspecified atom stereocenters. The summed E-state index contributed by atoms with van der Waals surface area (Å²) in [6.07, 6.45) is 0. The molecule has 0 spiro atoms. The normalized spacial score (nSPS) is 11.7. The van der Waals surface area contributed by atoms with Crippen molar-refractivity contribution in [2.45, 2.75) is 13.0 Å². The van der Waals surface area contributed by atoms with Crippen LogP contribution in [0.15, 0.2) is 54.6 Å². The van der Waals surface area contributed by atoms with Crippen molar-refractivity contribution in [1.29, 1.82) is 0 Å². The van der Waals surface area contributed by atoms with Gasteiger partial charge in [-0.1, -0.05) is 42.5 Å². The lowest BCUT2D eigenvalue weighted by molar-refractivity contribution is -0.112. The van der Waals surface area contributed by atoms with Crippen molar-refractivity contribution >= 4 is 28.3 Å². The smallest absolute Gasteiger partial charge is 0.248 e. The van der Waals surface area contributed by atoms with Crippen LogP contribution in [0.5, 0.6) is 0 Å². The van der Waals surface area contributed by atoms with Gasteiger partial charge in [0.2, 0.25) is 5.24 Å². The molecule has 1 atom stereocenters. The van der Waals surface area contributed by atoms with Crippen molar-refractivity contribution in [2.24, 2.45) is 0 Å². The van der Waals surface area contributed by atoms with Crippen LogP contribution in [-0.4, -0.2) is 11.0 Å². The zero-order valence-electron chi connectivity index (χ0n) is 11.0. The fourth-order valence-corrected chi connectivity index (χ4v) is 2.17. The van der Waals surface area contributed by atoms with E-state index in [-0.39, 0.29) is 5.78 Å². The van der Waals surface area contributed by atoms with Gasteiger partial charge in [-0.25, -0.2) is 0 Å². The Morgan fingerprint density at radius 1 is 1.00 bits per heavy atom. The van der Waals surface area contributed by atoms with E-state index in [4.69, 9.17) is 11.6 Å². The first kappa shape index (κ1) is 14.3. The highest BCUT2D eigenvalue weighted by atomic mass is 35.5. The van der Waals surface area contributed by atoms with Crippen LogP contribution >= 0.6 is 11.6 Å². The quantitative estimate of drug-likeness (QED) is 0.672. The van der Waals surface area contributed by atoms with Crippen LogP contribution in [0, 0.1) is 0 Å². The summed E-state index contributed by atoms with van der Waals surface area (Å²) in [6, 6.07) is 15.5. The van der Waals surface area contributed by atoms with Gasteiger partial charge in [0.1, 0.15) is 6.04 Å². The molecule has 0 amide bonds. The van der Waals surface area contributed by atoms with E-state index in [1.165, 1.54) is 6.92 Å². The second-order valence-electron chi connectivity index (χ2n) is 4.39. The van der Waals surface area contributed by atoms with Gasteiger partial charge in [-0.05, 0) is 36.2 Å². The van der Waals surface area contributed by atoms with Crippen LogP contribution in [0.25, 0.3) is 0 Å². The van der Waals surface area contributed by atoms with E-state index in [9.17, 15) is 9.59 Å². The van der Waals surface area contributed by atoms with Gasteiger partial charge in [-0.2, -0.15) is 0 Å². The molecule has 0 radical (unpaired) electrons. The number of hydrogen-bond acceptors (Lipinski definition) is 3. The standard InChI is InChI=1S/C16H14ClNO2/c1-11(19)13-9-5-6-10-14(13)18-15(16(17)20)12-7-3-2-4-8-12/h2-10,15,18H,1H3. The molecular formula is C16H14ClNO2. The highest BCUT2D eigenvalue weighted by molar-refractivity contribution is 6.64. The Balaban J connectivity index is 2.35. The predicted molar refractivity (Wildman–Crippen MR) is 80.1 cm³/mol. The third kappa shape index (κ3) is 3.25. The van der Waals surface area contributed by atoms with E-state index in [0.29, 0.717) is 11.3 Å². The molecule has 0 saturated carbocycles. The van der Waals surface area contributed by atoms with Gasteiger partial charge in [-0.15, -0.1) is 0 Å². The molecule has 0 aliphatic carbocycles. The number of anilines is 1. The molecule has 2 aromatic rings. The highest BCUT2D eigenvalue weighted by Gasteiger charge is 2.19. The van der Waals surface area contributed by atoms with Crippen LogP contribution in [-0.2, 0) is 4.79 Å². The van der Waals surface area contributed by atoms with Gasteiger partial charge in [0.25, 0.3) is 0 Å². The number of Topliss-reactive ketones (excluding diaryl/α,β-unsaturated/α-hetero) is 1. The number of rotatable bonds is 5. The number of nitrogens with one attached hydrogen (secondary N) is 1. The van der Waals surface area contributed by atoms with Crippen molar-refractivity contribution in [2.75, 3.05) is 5.32 Å². The van der Waals surface area contributed by atoms with Crippen LogP contribution < -0.4 is 5.32 Å². The molecule has 0 heterocycles. The topological polar surface area (TPSA) is 46.2 Å². The highest BCUT2D eigenvalue weighted by Crippen LogP contribution is 2.24. The maximum atomic E-state index is 11.6. The molecule has 0 fully saturated rings. The van der Waals surface area contributed by atoms with E-state index in [0.717, 1.165) is 5.56 Å². The Kier molecular flexibility index (Phi) is 4.53. The second-order valence-corrected chi connectivity index (χ2v) is 4.77. The summed E-state index contributed by atoms with van der Waals surface area (Å²) in [6.45, 7) is 1.49. The fourth-order valence-electron chi connectivity index (χ4n) is 1.99. The minimum atomic E-state index is -0.682. The molecule has 102 valence electrons. The minimum Gasteiger partial charge on any atom is -0.370 e. The van der Waals surface area contributed by atoms with Crippen molar-refractivity contribution < 1.29 is 9.59 Å². The molecule has 0 bridgehead atoms. The minimum absolute atomic E-state index is 0.0677. The lowest BCUT2D eigenvalue weighted by Crippen LogP contribution is -2.18. The summed E-state index contributed by atoms with van der Waals surface area (Å²) in [7, 11) is 0. The molecular weight excluding hydrogens is 274 g/mol. The van der Waals surface area contributed by atoms with Gasteiger partial charge < -0.3 is 5.32 Å². The van der Waals surface area contributed by atoms with Crippen LogP contribution in [0.4, 0.5) is 5.69 Å². The van der Waals surface area contributed by atoms with Crippen molar-refractivity contribution in [1.82, 2.24) is 0 Å². The van der Waals surface area contributed by atoms with E-state index in [2.05, 4.69) is 5.32 Å². The van der Waals surface area contributed by atoms with E-state index in [1.807, 2.05) is 30.3 Å². The van der Waals surface area contributed by atoms with Crippen LogP contribution in [0.2, 0.25) is 0 Å². The fraction of sp³-hybridized carbons (Fsp3) is 0.125. The Bertz CT molecular complexity index is 625. The number of halogens is 1. The largest absolute Gasteiger partial charge is 0.370 e. The number of para-hydroxylation sites is 1. The van der Waals surface area contributed by atoms with Crippen LogP contribution in [0.3, 0.4) is 0 Å². The van der Waals surface area contributed by atoms with Gasteiger partial charge in [0.15, 0.2) is 5.78 Å². The number of hydrogen-bond donors (Lipinski definition) is 1. The predicted octanol–water partition coefficient (Wildman–Crippen LogP) is 3.81. The van der Waals surface area contributed by atoms with Gasteiger partial charge in [-0.3, -0.25) is 9.59 Å². The molecule has 2 aromatic carbocycles. The maximum absolute atomic E-state index is 11.6. The molecule has 0 aliphatic rings. The Morgan fingerprint density at radius 3 is 2.20 bits per heavy atom. The molecule has 3 nitrogen and oxygen atoms in total. The van der Waals surface area contributed by atoms with Gasteiger partial charge in [0, 0.05) is 11.3 Å². The third-order valence-electron chi connectivity index (χ3n) is 2.97. The number of carbonyl (C=O) groups is 2. The van der Waals surface area contributed by atoms with Crippen molar-refractivity contribution in [3.8, 4) is 0 Å². The second kappa shape index (κ2) is 6.35. The summed E-state index contributed by atoms with van der Waals surface area (Å²) in [5, 5.41) is 2.52. The monoisotopic (exact) mass is 287 g/mol. The first-order valence-corrected chi connectivity index (χ1v) is 6.58. The Labute approximate surface area is 122 Å². The zero-order valence-corrected chi connectivity index (χ0v) is 11.7. The third-order valence-corrected chi connectivity index (χ3v) is 3.18. The van der Waals surface area contributed by atoms with Gasteiger partial charge >= 0.3 is 0 Å². The Hall–Kier alpha value is -2.13. The molecule has 0 saturated heterocycles. The summed E-state index contributed by atoms with van der Waals surface area (Å²) >= 11 is 5.67.